The maximum Gasteiger partial charge on any atom is 0.317 e. The highest BCUT2D eigenvalue weighted by atomic mass is 16.4. The largest absolute Gasteiger partial charge is 0.481 e. The Balaban J connectivity index is 1.80. The van der Waals surface area contributed by atoms with E-state index in [1.54, 1.807) is 6.92 Å². The molecule has 2 aliphatic rings. The first-order valence-corrected chi connectivity index (χ1v) is 7.87. The molecule has 2 rings (SSSR count). The quantitative estimate of drug-likeness (QED) is 0.832. The zero-order chi connectivity index (χ0) is 14.5. The van der Waals surface area contributed by atoms with Crippen molar-refractivity contribution in [1.82, 2.24) is 10.2 Å². The fourth-order valence-electron chi connectivity index (χ4n) is 3.50. The zero-order valence-electron chi connectivity index (χ0n) is 12.3. The molecule has 0 spiro atoms. The summed E-state index contributed by atoms with van der Waals surface area (Å²) >= 11 is 0. The van der Waals surface area contributed by atoms with Gasteiger partial charge in [-0.2, -0.15) is 0 Å². The highest BCUT2D eigenvalue weighted by molar-refractivity contribution is 5.75. The zero-order valence-corrected chi connectivity index (χ0v) is 12.3. The van der Waals surface area contributed by atoms with E-state index in [1.165, 1.54) is 25.7 Å². The van der Waals surface area contributed by atoms with Crippen LogP contribution in [-0.2, 0) is 4.79 Å². The van der Waals surface area contributed by atoms with Crippen molar-refractivity contribution in [2.45, 2.75) is 57.9 Å². The Bertz CT molecular complexity index is 357. The molecule has 0 radical (unpaired) electrons. The van der Waals surface area contributed by atoms with Crippen molar-refractivity contribution in [1.29, 1.82) is 0 Å². The number of likely N-dealkylation sites (tertiary alicyclic amines) is 1. The minimum absolute atomic E-state index is 0.000751. The van der Waals surface area contributed by atoms with Gasteiger partial charge < -0.3 is 15.3 Å². The van der Waals surface area contributed by atoms with Crippen LogP contribution in [0.5, 0.6) is 0 Å². The normalized spacial score (nSPS) is 27.6. The van der Waals surface area contributed by atoms with E-state index in [9.17, 15) is 9.59 Å². The minimum Gasteiger partial charge on any atom is -0.481 e. The molecule has 0 bridgehead atoms. The number of fused-ring (bicyclic) bond motifs is 1. The second-order valence-corrected chi connectivity index (χ2v) is 6.21. The minimum atomic E-state index is -0.801. The molecular weight excluding hydrogens is 256 g/mol. The fraction of sp³-hybridized carbons (Fsp3) is 0.867. The molecule has 5 heteroatoms. The fourth-order valence-corrected chi connectivity index (χ4v) is 3.50. The van der Waals surface area contributed by atoms with Crippen LogP contribution in [0.2, 0.25) is 0 Å². The van der Waals surface area contributed by atoms with Gasteiger partial charge in [0.25, 0.3) is 0 Å². The Morgan fingerprint density at radius 1 is 1.25 bits per heavy atom. The number of amides is 2. The number of urea groups is 1. The van der Waals surface area contributed by atoms with Gasteiger partial charge in [-0.3, -0.25) is 4.79 Å². The summed E-state index contributed by atoms with van der Waals surface area (Å²) < 4.78 is 0. The topological polar surface area (TPSA) is 69.6 Å². The van der Waals surface area contributed by atoms with Gasteiger partial charge in [-0.05, 0) is 38.0 Å². The number of aliphatic carboxylic acids is 1. The lowest BCUT2D eigenvalue weighted by molar-refractivity contribution is -0.141. The van der Waals surface area contributed by atoms with Crippen molar-refractivity contribution in [3.63, 3.8) is 0 Å². The summed E-state index contributed by atoms with van der Waals surface area (Å²) in [6, 6.07) is 0.411. The first-order chi connectivity index (χ1) is 9.59. The van der Waals surface area contributed by atoms with Crippen LogP contribution in [0.3, 0.4) is 0 Å². The monoisotopic (exact) mass is 282 g/mol. The lowest BCUT2D eigenvalue weighted by atomic mass is 9.78. The third-order valence-electron chi connectivity index (χ3n) is 4.78. The lowest BCUT2D eigenvalue weighted by Crippen LogP contribution is -2.53. The highest BCUT2D eigenvalue weighted by Gasteiger charge is 2.35. The Morgan fingerprint density at radius 2 is 1.95 bits per heavy atom. The van der Waals surface area contributed by atoms with Gasteiger partial charge >= 0.3 is 12.0 Å². The van der Waals surface area contributed by atoms with Crippen molar-refractivity contribution in [3.8, 4) is 0 Å². The van der Waals surface area contributed by atoms with Crippen LogP contribution >= 0.6 is 0 Å². The summed E-state index contributed by atoms with van der Waals surface area (Å²) in [4.78, 5) is 25.0. The number of hydrogen-bond acceptors (Lipinski definition) is 2. The summed E-state index contributed by atoms with van der Waals surface area (Å²) in [7, 11) is 0. The van der Waals surface area contributed by atoms with Crippen molar-refractivity contribution < 1.29 is 14.7 Å². The molecule has 20 heavy (non-hydrogen) atoms. The average Bonchev–Trinajstić information content (AvgIpc) is 2.46. The van der Waals surface area contributed by atoms with Crippen molar-refractivity contribution in [2.24, 2.45) is 11.8 Å². The van der Waals surface area contributed by atoms with Crippen molar-refractivity contribution >= 4 is 12.0 Å². The molecule has 1 aliphatic carbocycles. The number of nitrogens with zero attached hydrogens (tertiary/aromatic N) is 1. The van der Waals surface area contributed by atoms with E-state index >= 15 is 0 Å². The average molecular weight is 282 g/mol. The van der Waals surface area contributed by atoms with Gasteiger partial charge in [0.2, 0.25) is 0 Å². The number of rotatable bonds is 4. The smallest absolute Gasteiger partial charge is 0.317 e. The molecular formula is C15H26N2O3. The van der Waals surface area contributed by atoms with E-state index in [1.807, 2.05) is 4.90 Å². The summed E-state index contributed by atoms with van der Waals surface area (Å²) in [6.45, 7) is 2.97. The standard InChI is InChI=1S/C15H26N2O3/c1-11(14(18)19)8-9-16-15(20)17-10-4-6-12-5-2-3-7-13(12)17/h11-13H,2-10H2,1H3,(H,16,20)(H,18,19)/t11?,12-,13-/m1/s1. The summed E-state index contributed by atoms with van der Waals surface area (Å²) in [5.41, 5.74) is 0. The van der Waals surface area contributed by atoms with Gasteiger partial charge in [0.05, 0.1) is 5.92 Å². The summed E-state index contributed by atoms with van der Waals surface area (Å²) in [5.74, 6) is -0.523. The number of carboxylic acids is 1. The molecule has 0 aromatic heterocycles. The first kappa shape index (κ1) is 15.1. The van der Waals surface area contributed by atoms with Gasteiger partial charge in [0.15, 0.2) is 0 Å². The number of carbonyl (C=O) groups excluding carboxylic acids is 1. The van der Waals surface area contributed by atoms with E-state index in [-0.39, 0.29) is 6.03 Å². The molecule has 2 amide bonds. The van der Waals surface area contributed by atoms with E-state index in [4.69, 9.17) is 5.11 Å². The SMILES string of the molecule is CC(CCNC(=O)N1CCC[C@H]2CCCC[C@H]21)C(=O)O. The van der Waals surface area contributed by atoms with Crippen molar-refractivity contribution in [2.75, 3.05) is 13.1 Å². The molecule has 1 aliphatic heterocycles. The van der Waals surface area contributed by atoms with Crippen LogP contribution in [0.15, 0.2) is 0 Å². The molecule has 1 saturated heterocycles. The van der Waals surface area contributed by atoms with E-state index in [0.717, 1.165) is 19.4 Å². The highest BCUT2D eigenvalue weighted by Crippen LogP contribution is 2.35. The molecule has 114 valence electrons. The maximum atomic E-state index is 12.3. The molecule has 5 nitrogen and oxygen atoms in total. The van der Waals surface area contributed by atoms with Gasteiger partial charge in [0, 0.05) is 19.1 Å². The van der Waals surface area contributed by atoms with Crippen LogP contribution in [0, 0.1) is 11.8 Å². The predicted molar refractivity (Wildman–Crippen MR) is 76.5 cm³/mol. The Labute approximate surface area is 120 Å². The Kier molecular flexibility index (Phi) is 5.26. The molecule has 2 fully saturated rings. The predicted octanol–water partition coefficient (Wildman–Crippen LogP) is 2.46. The lowest BCUT2D eigenvalue weighted by Gasteiger charge is -2.44. The van der Waals surface area contributed by atoms with Gasteiger partial charge in [-0.25, -0.2) is 4.79 Å². The molecule has 2 N–H and O–H groups in total. The van der Waals surface area contributed by atoms with Gasteiger partial charge in [-0.1, -0.05) is 19.8 Å². The van der Waals surface area contributed by atoms with Crippen LogP contribution < -0.4 is 5.32 Å². The van der Waals surface area contributed by atoms with E-state index in [2.05, 4.69) is 5.32 Å². The molecule has 0 aromatic carbocycles. The molecule has 1 unspecified atom stereocenters. The number of carbonyl (C=O) groups is 2. The van der Waals surface area contributed by atoms with Crippen LogP contribution in [0.1, 0.15) is 51.9 Å². The summed E-state index contributed by atoms with van der Waals surface area (Å²) in [5, 5.41) is 11.7. The van der Waals surface area contributed by atoms with Gasteiger partial charge in [-0.15, -0.1) is 0 Å². The van der Waals surface area contributed by atoms with Crippen LogP contribution in [0.25, 0.3) is 0 Å². The maximum absolute atomic E-state index is 12.3. The molecule has 1 saturated carbocycles. The Hall–Kier alpha value is -1.26. The van der Waals surface area contributed by atoms with Crippen LogP contribution in [0.4, 0.5) is 4.79 Å². The molecule has 3 atom stereocenters. The molecule has 1 heterocycles. The third-order valence-corrected chi connectivity index (χ3v) is 4.78. The number of carboxylic acid groups (broad SMARTS) is 1. The Morgan fingerprint density at radius 3 is 2.70 bits per heavy atom. The second kappa shape index (κ2) is 6.95. The van der Waals surface area contributed by atoms with Crippen molar-refractivity contribution in [3.05, 3.63) is 0 Å². The van der Waals surface area contributed by atoms with E-state index in [0.29, 0.717) is 24.9 Å². The number of piperidine rings is 1. The second-order valence-electron chi connectivity index (χ2n) is 6.21. The third kappa shape index (κ3) is 3.64. The number of nitrogens with one attached hydrogen (secondary N) is 1. The van der Waals surface area contributed by atoms with Gasteiger partial charge in [0.1, 0.15) is 0 Å². The number of hydrogen-bond donors (Lipinski definition) is 2. The first-order valence-electron chi connectivity index (χ1n) is 7.87. The summed E-state index contributed by atoms with van der Waals surface area (Å²) in [6.07, 6.45) is 7.75. The van der Waals surface area contributed by atoms with Crippen LogP contribution in [-0.4, -0.2) is 41.1 Å². The molecule has 0 aromatic rings. The van der Waals surface area contributed by atoms with E-state index < -0.39 is 11.9 Å².